The average molecular weight is 373 g/mol. The molecule has 134 valence electrons. The maximum atomic E-state index is 13.3. The molecule has 0 amide bonds. The third-order valence-corrected chi connectivity index (χ3v) is 4.90. The van der Waals surface area contributed by atoms with Crippen molar-refractivity contribution in [3.8, 4) is 0 Å². The van der Waals surface area contributed by atoms with Gasteiger partial charge in [0.25, 0.3) is 0 Å². The number of aromatic nitrogens is 2. The van der Waals surface area contributed by atoms with Gasteiger partial charge in [0, 0.05) is 30.0 Å². The summed E-state index contributed by atoms with van der Waals surface area (Å²) in [5.41, 5.74) is 9.50. The van der Waals surface area contributed by atoms with Gasteiger partial charge < -0.3 is 15.8 Å². The topological polar surface area (TPSA) is 73.1 Å². The summed E-state index contributed by atoms with van der Waals surface area (Å²) in [6.07, 6.45) is 3.43. The molecule has 5 nitrogen and oxygen atoms in total. The molecule has 2 aromatic carbocycles. The van der Waals surface area contributed by atoms with E-state index in [0.29, 0.717) is 23.1 Å². The minimum Gasteiger partial charge on any atom is -0.398 e. The molecular formula is C19H18ClFN4O. The number of rotatable bonds is 4. The lowest BCUT2D eigenvalue weighted by atomic mass is 9.96. The first kappa shape index (κ1) is 17.0. The molecule has 0 bridgehead atoms. The van der Waals surface area contributed by atoms with Crippen LogP contribution < -0.4 is 11.1 Å². The summed E-state index contributed by atoms with van der Waals surface area (Å²) in [6, 6.07) is 8.32. The van der Waals surface area contributed by atoms with Gasteiger partial charge in [0.05, 0.1) is 10.5 Å². The van der Waals surface area contributed by atoms with Crippen molar-refractivity contribution in [2.75, 3.05) is 24.3 Å². The second-order valence-electron chi connectivity index (χ2n) is 6.48. The van der Waals surface area contributed by atoms with Crippen LogP contribution in [-0.2, 0) is 11.2 Å². The Kier molecular flexibility index (Phi) is 4.61. The third kappa shape index (κ3) is 3.43. The number of benzene rings is 2. The van der Waals surface area contributed by atoms with Gasteiger partial charge in [0.1, 0.15) is 18.0 Å². The number of hydrogen-bond acceptors (Lipinski definition) is 5. The molecule has 2 heterocycles. The maximum Gasteiger partial charge on any atom is 0.141 e. The number of ether oxygens (including phenoxy) is 1. The maximum absolute atomic E-state index is 13.3. The van der Waals surface area contributed by atoms with Crippen LogP contribution in [-0.4, -0.2) is 23.2 Å². The molecule has 1 saturated heterocycles. The van der Waals surface area contributed by atoms with Crippen molar-refractivity contribution < 1.29 is 9.13 Å². The molecule has 0 aliphatic carbocycles. The summed E-state index contributed by atoms with van der Waals surface area (Å²) in [6.45, 7) is 1.59. The van der Waals surface area contributed by atoms with Crippen LogP contribution >= 0.6 is 11.6 Å². The van der Waals surface area contributed by atoms with E-state index in [4.69, 9.17) is 22.1 Å². The zero-order valence-electron chi connectivity index (χ0n) is 14.0. The number of nitrogens with two attached hydrogens (primary N) is 1. The van der Waals surface area contributed by atoms with Crippen molar-refractivity contribution in [3.63, 3.8) is 0 Å². The Morgan fingerprint density at radius 2 is 2.15 bits per heavy atom. The molecule has 1 aliphatic heterocycles. The van der Waals surface area contributed by atoms with Crippen LogP contribution in [0.1, 0.15) is 12.0 Å². The predicted molar refractivity (Wildman–Crippen MR) is 101 cm³/mol. The fraction of sp³-hybridized carbons (Fsp3) is 0.263. The highest BCUT2D eigenvalue weighted by atomic mass is 35.5. The highest BCUT2D eigenvalue weighted by Crippen LogP contribution is 2.30. The quantitative estimate of drug-likeness (QED) is 0.667. The Morgan fingerprint density at radius 1 is 1.27 bits per heavy atom. The summed E-state index contributed by atoms with van der Waals surface area (Å²) < 4.78 is 18.8. The van der Waals surface area contributed by atoms with Crippen LogP contribution in [0.2, 0.25) is 5.02 Å². The molecule has 3 N–H and O–H groups in total. The van der Waals surface area contributed by atoms with Gasteiger partial charge in [0.2, 0.25) is 0 Å². The molecule has 1 fully saturated rings. The highest BCUT2D eigenvalue weighted by molar-refractivity contribution is 6.31. The largest absolute Gasteiger partial charge is 0.398 e. The number of halogens is 2. The van der Waals surface area contributed by atoms with Gasteiger partial charge in [-0.25, -0.2) is 14.4 Å². The molecule has 0 spiro atoms. The minimum atomic E-state index is -0.463. The van der Waals surface area contributed by atoms with Crippen molar-refractivity contribution in [2.24, 2.45) is 5.92 Å². The highest BCUT2D eigenvalue weighted by Gasteiger charge is 2.18. The van der Waals surface area contributed by atoms with Crippen LogP contribution in [0, 0.1) is 11.7 Å². The molecule has 0 radical (unpaired) electrons. The van der Waals surface area contributed by atoms with Crippen LogP contribution in [0.4, 0.5) is 21.6 Å². The van der Waals surface area contributed by atoms with E-state index in [2.05, 4.69) is 15.3 Å². The Hall–Kier alpha value is -2.44. The van der Waals surface area contributed by atoms with Crippen LogP contribution in [0.15, 0.2) is 36.7 Å². The van der Waals surface area contributed by atoms with E-state index in [0.717, 1.165) is 42.5 Å². The fourth-order valence-electron chi connectivity index (χ4n) is 3.21. The van der Waals surface area contributed by atoms with Gasteiger partial charge in [-0.1, -0.05) is 11.6 Å². The number of anilines is 3. The standard InChI is InChI=1S/C19H18ClFN4O/c20-15-7-13(1-2-16(15)21)25-19-14-8-17(22)12(5-11-3-4-26-9-11)6-18(14)23-10-24-19/h1-2,6-8,10-11H,3-5,9,22H2,(H,23,24,25)/t11-/m1/s1. The Labute approximate surface area is 155 Å². The number of nitrogens with zero attached hydrogens (tertiary/aromatic N) is 2. The number of hydrogen-bond donors (Lipinski definition) is 2. The predicted octanol–water partition coefficient (Wildman–Crippen LogP) is 4.33. The Bertz CT molecular complexity index is 960. The SMILES string of the molecule is Nc1cc2c(Nc3ccc(F)c(Cl)c3)ncnc2cc1C[C@H]1CCOC1. The van der Waals surface area contributed by atoms with Gasteiger partial charge in [-0.15, -0.1) is 0 Å². The molecule has 0 saturated carbocycles. The second-order valence-corrected chi connectivity index (χ2v) is 6.89. The summed E-state index contributed by atoms with van der Waals surface area (Å²) >= 11 is 5.85. The minimum absolute atomic E-state index is 0.0499. The lowest BCUT2D eigenvalue weighted by molar-refractivity contribution is 0.186. The number of nitrogen functional groups attached to an aromatic ring is 1. The Morgan fingerprint density at radius 3 is 2.92 bits per heavy atom. The van der Waals surface area contributed by atoms with Gasteiger partial charge in [-0.05, 0) is 54.7 Å². The second kappa shape index (κ2) is 7.05. The Balaban J connectivity index is 1.67. The van der Waals surface area contributed by atoms with Gasteiger partial charge in [-0.2, -0.15) is 0 Å². The summed E-state index contributed by atoms with van der Waals surface area (Å²) in [5, 5.41) is 4.01. The van der Waals surface area contributed by atoms with Gasteiger partial charge in [0.15, 0.2) is 0 Å². The van der Waals surface area contributed by atoms with Crippen molar-refractivity contribution in [1.29, 1.82) is 0 Å². The normalized spacial score (nSPS) is 16.9. The van der Waals surface area contributed by atoms with Gasteiger partial charge >= 0.3 is 0 Å². The summed E-state index contributed by atoms with van der Waals surface area (Å²) in [4.78, 5) is 8.66. The molecule has 26 heavy (non-hydrogen) atoms. The average Bonchev–Trinajstić information content (AvgIpc) is 3.13. The smallest absolute Gasteiger partial charge is 0.141 e. The first-order chi connectivity index (χ1) is 12.6. The molecular weight excluding hydrogens is 355 g/mol. The first-order valence-electron chi connectivity index (χ1n) is 8.43. The van der Waals surface area contributed by atoms with E-state index in [1.807, 2.05) is 12.1 Å². The molecule has 3 aromatic rings. The van der Waals surface area contributed by atoms with Crippen molar-refractivity contribution >= 4 is 39.7 Å². The van der Waals surface area contributed by atoms with Crippen LogP contribution in [0.5, 0.6) is 0 Å². The lowest BCUT2D eigenvalue weighted by Crippen LogP contribution is -2.06. The first-order valence-corrected chi connectivity index (χ1v) is 8.81. The van der Waals surface area contributed by atoms with Gasteiger partial charge in [-0.3, -0.25) is 0 Å². The summed E-state index contributed by atoms with van der Waals surface area (Å²) in [7, 11) is 0. The van der Waals surface area contributed by atoms with Crippen molar-refractivity contribution in [1.82, 2.24) is 9.97 Å². The third-order valence-electron chi connectivity index (χ3n) is 4.61. The van der Waals surface area contributed by atoms with Crippen molar-refractivity contribution in [3.05, 3.63) is 53.1 Å². The summed E-state index contributed by atoms with van der Waals surface area (Å²) in [5.74, 6) is 0.630. The lowest BCUT2D eigenvalue weighted by Gasteiger charge is -2.13. The van der Waals surface area contributed by atoms with E-state index < -0.39 is 5.82 Å². The van der Waals surface area contributed by atoms with E-state index in [9.17, 15) is 4.39 Å². The van der Waals surface area contributed by atoms with Crippen LogP contribution in [0.25, 0.3) is 10.9 Å². The molecule has 4 rings (SSSR count). The van der Waals surface area contributed by atoms with E-state index in [1.165, 1.54) is 18.5 Å². The molecule has 0 unspecified atom stereocenters. The fourth-order valence-corrected chi connectivity index (χ4v) is 3.39. The molecule has 1 aliphatic rings. The van der Waals surface area contributed by atoms with Crippen LogP contribution in [0.3, 0.4) is 0 Å². The van der Waals surface area contributed by atoms with E-state index in [1.54, 1.807) is 6.07 Å². The molecule has 1 atom stereocenters. The molecule has 1 aromatic heterocycles. The monoisotopic (exact) mass is 372 g/mol. The number of nitrogens with one attached hydrogen (secondary N) is 1. The van der Waals surface area contributed by atoms with Crippen molar-refractivity contribution in [2.45, 2.75) is 12.8 Å². The van der Waals surface area contributed by atoms with E-state index in [-0.39, 0.29) is 5.02 Å². The zero-order valence-corrected chi connectivity index (χ0v) is 14.8. The number of fused-ring (bicyclic) bond motifs is 1. The zero-order chi connectivity index (χ0) is 18.1. The van der Waals surface area contributed by atoms with E-state index >= 15 is 0 Å². The molecule has 7 heteroatoms.